The number of amides is 2. The van der Waals surface area contributed by atoms with Crippen LogP contribution in [0.5, 0.6) is 0 Å². The highest BCUT2D eigenvalue weighted by atomic mass is 16.2. The number of pyridine rings is 1. The van der Waals surface area contributed by atoms with Gasteiger partial charge in [-0.05, 0) is 49.9 Å². The minimum atomic E-state index is -0.316. The van der Waals surface area contributed by atoms with Crippen molar-refractivity contribution in [3.63, 3.8) is 0 Å². The Bertz CT molecular complexity index is 1240. The van der Waals surface area contributed by atoms with E-state index >= 15 is 0 Å². The average Bonchev–Trinajstić information content (AvgIpc) is 3.31. The Hall–Kier alpha value is -3.68. The summed E-state index contributed by atoms with van der Waals surface area (Å²) < 4.78 is 3.13. The van der Waals surface area contributed by atoms with Gasteiger partial charge < -0.3 is 14.8 Å². The molecule has 0 saturated heterocycles. The zero-order valence-corrected chi connectivity index (χ0v) is 18.6. The van der Waals surface area contributed by atoms with Gasteiger partial charge in [-0.25, -0.2) is 0 Å². The van der Waals surface area contributed by atoms with E-state index in [0.29, 0.717) is 25.1 Å². The Labute approximate surface area is 186 Å². The Balaban J connectivity index is 1.41. The van der Waals surface area contributed by atoms with Crippen molar-refractivity contribution in [1.82, 2.24) is 19.7 Å². The Morgan fingerprint density at radius 2 is 1.91 bits per heavy atom. The molecule has 32 heavy (non-hydrogen) atoms. The summed E-state index contributed by atoms with van der Waals surface area (Å²) in [4.78, 5) is 39.5. The largest absolute Gasteiger partial charge is 0.352 e. The van der Waals surface area contributed by atoms with E-state index in [4.69, 9.17) is 0 Å². The van der Waals surface area contributed by atoms with Crippen LogP contribution in [-0.2, 0) is 31.2 Å². The van der Waals surface area contributed by atoms with E-state index in [1.807, 2.05) is 49.8 Å². The molecule has 0 radical (unpaired) electrons. The van der Waals surface area contributed by atoms with Crippen LogP contribution in [0, 0.1) is 13.8 Å². The standard InChI is InChI=1S/C24H27N5O3/c1-16-20(17(2)27(3)26-16)10-12-25-24(32)19-8-9-22(30)28(14-19)15-23(31)29-13-11-18-6-4-5-7-21(18)29/h4-9,14H,10-13,15H2,1-3H3,(H,25,32). The first-order valence-corrected chi connectivity index (χ1v) is 10.7. The monoisotopic (exact) mass is 433 g/mol. The zero-order chi connectivity index (χ0) is 22.8. The molecule has 1 aliphatic rings. The summed E-state index contributed by atoms with van der Waals surface area (Å²) in [5.41, 5.74) is 5.19. The van der Waals surface area contributed by atoms with Gasteiger partial charge in [0, 0.05) is 43.8 Å². The number of nitrogens with one attached hydrogen (secondary N) is 1. The highest BCUT2D eigenvalue weighted by molar-refractivity contribution is 5.96. The first-order chi connectivity index (χ1) is 15.3. The second-order valence-corrected chi connectivity index (χ2v) is 8.09. The summed E-state index contributed by atoms with van der Waals surface area (Å²) in [6, 6.07) is 10.6. The van der Waals surface area contributed by atoms with Gasteiger partial charge in [0.05, 0.1) is 11.3 Å². The van der Waals surface area contributed by atoms with E-state index in [1.54, 1.807) is 4.90 Å². The maximum Gasteiger partial charge on any atom is 0.252 e. The highest BCUT2D eigenvalue weighted by Crippen LogP contribution is 2.27. The van der Waals surface area contributed by atoms with Crippen LogP contribution in [0.15, 0.2) is 47.4 Å². The molecule has 0 saturated carbocycles. The second kappa shape index (κ2) is 8.82. The first kappa shape index (κ1) is 21.5. The third-order valence-electron chi connectivity index (χ3n) is 6.06. The molecule has 166 valence electrons. The molecule has 3 heterocycles. The second-order valence-electron chi connectivity index (χ2n) is 8.09. The first-order valence-electron chi connectivity index (χ1n) is 10.7. The topological polar surface area (TPSA) is 89.2 Å². The molecular weight excluding hydrogens is 406 g/mol. The third-order valence-corrected chi connectivity index (χ3v) is 6.06. The fourth-order valence-electron chi connectivity index (χ4n) is 4.20. The number of carbonyl (C=O) groups is 2. The van der Waals surface area contributed by atoms with Crippen LogP contribution >= 0.6 is 0 Å². The van der Waals surface area contributed by atoms with E-state index < -0.39 is 0 Å². The van der Waals surface area contributed by atoms with Crippen LogP contribution in [0.4, 0.5) is 5.69 Å². The number of hydrogen-bond acceptors (Lipinski definition) is 4. The molecule has 3 aromatic rings. The van der Waals surface area contributed by atoms with Crippen molar-refractivity contribution in [1.29, 1.82) is 0 Å². The number of aromatic nitrogens is 3. The van der Waals surface area contributed by atoms with Crippen molar-refractivity contribution >= 4 is 17.5 Å². The van der Waals surface area contributed by atoms with Crippen LogP contribution < -0.4 is 15.8 Å². The molecule has 0 fully saturated rings. The Kier molecular flexibility index (Phi) is 5.94. The molecule has 1 aliphatic heterocycles. The Morgan fingerprint density at radius 3 is 2.66 bits per heavy atom. The predicted octanol–water partition coefficient (Wildman–Crippen LogP) is 1.76. The van der Waals surface area contributed by atoms with Gasteiger partial charge in [0.15, 0.2) is 0 Å². The molecule has 1 N–H and O–H groups in total. The number of para-hydroxylation sites is 1. The summed E-state index contributed by atoms with van der Waals surface area (Å²) in [5.74, 6) is -0.450. The van der Waals surface area contributed by atoms with E-state index in [1.165, 1.54) is 22.9 Å². The lowest BCUT2D eigenvalue weighted by Gasteiger charge is -2.18. The van der Waals surface area contributed by atoms with Crippen molar-refractivity contribution in [2.75, 3.05) is 18.0 Å². The van der Waals surface area contributed by atoms with Gasteiger partial charge in [0.1, 0.15) is 6.54 Å². The smallest absolute Gasteiger partial charge is 0.252 e. The molecular formula is C24H27N5O3. The van der Waals surface area contributed by atoms with Gasteiger partial charge in [-0.2, -0.15) is 5.10 Å². The average molecular weight is 434 g/mol. The molecule has 0 atom stereocenters. The summed E-state index contributed by atoms with van der Waals surface area (Å²) in [6.45, 7) is 4.90. The van der Waals surface area contributed by atoms with Gasteiger partial charge in [-0.3, -0.25) is 19.1 Å². The van der Waals surface area contributed by atoms with Crippen molar-refractivity contribution in [3.8, 4) is 0 Å². The number of hydrogen-bond donors (Lipinski definition) is 1. The van der Waals surface area contributed by atoms with Crippen LogP contribution in [-0.4, -0.2) is 39.3 Å². The molecule has 0 aliphatic carbocycles. The fourth-order valence-corrected chi connectivity index (χ4v) is 4.20. The molecule has 8 heteroatoms. The van der Waals surface area contributed by atoms with Crippen LogP contribution in [0.2, 0.25) is 0 Å². The van der Waals surface area contributed by atoms with E-state index in [0.717, 1.165) is 34.6 Å². The number of benzene rings is 1. The van der Waals surface area contributed by atoms with Crippen LogP contribution in [0.1, 0.15) is 32.9 Å². The third kappa shape index (κ3) is 4.21. The molecule has 0 spiro atoms. The van der Waals surface area contributed by atoms with Crippen molar-refractivity contribution < 1.29 is 9.59 Å². The molecule has 1 aromatic carbocycles. The summed E-state index contributed by atoms with van der Waals surface area (Å²) in [5, 5.41) is 7.28. The molecule has 0 bridgehead atoms. The van der Waals surface area contributed by atoms with Gasteiger partial charge in [-0.15, -0.1) is 0 Å². The summed E-state index contributed by atoms with van der Waals surface area (Å²) >= 11 is 0. The molecule has 8 nitrogen and oxygen atoms in total. The van der Waals surface area contributed by atoms with Crippen molar-refractivity contribution in [3.05, 3.63) is 81.0 Å². The highest BCUT2D eigenvalue weighted by Gasteiger charge is 2.24. The number of aryl methyl sites for hydroxylation is 2. The predicted molar refractivity (Wildman–Crippen MR) is 122 cm³/mol. The SMILES string of the molecule is Cc1nn(C)c(C)c1CCNC(=O)c1ccc(=O)n(CC(=O)N2CCc3ccccc32)c1. The lowest BCUT2D eigenvalue weighted by Crippen LogP contribution is -2.36. The van der Waals surface area contributed by atoms with Crippen LogP contribution in [0.25, 0.3) is 0 Å². The quantitative estimate of drug-likeness (QED) is 0.642. The molecule has 2 amide bonds. The molecule has 0 unspecified atom stereocenters. The minimum Gasteiger partial charge on any atom is -0.352 e. The van der Waals surface area contributed by atoms with Gasteiger partial charge in [0.2, 0.25) is 5.91 Å². The van der Waals surface area contributed by atoms with Gasteiger partial charge in [-0.1, -0.05) is 18.2 Å². The van der Waals surface area contributed by atoms with E-state index in [2.05, 4.69) is 10.4 Å². The number of fused-ring (bicyclic) bond motifs is 1. The van der Waals surface area contributed by atoms with Gasteiger partial charge in [0.25, 0.3) is 11.5 Å². The number of rotatable bonds is 6. The summed E-state index contributed by atoms with van der Waals surface area (Å²) in [6.07, 6.45) is 2.93. The normalized spacial score (nSPS) is 12.7. The van der Waals surface area contributed by atoms with Crippen LogP contribution in [0.3, 0.4) is 0 Å². The fraction of sp³-hybridized carbons (Fsp3) is 0.333. The Morgan fingerprint density at radius 1 is 1.12 bits per heavy atom. The maximum atomic E-state index is 12.9. The summed E-state index contributed by atoms with van der Waals surface area (Å²) in [7, 11) is 1.90. The number of nitrogens with zero attached hydrogens (tertiary/aromatic N) is 4. The lowest BCUT2D eigenvalue weighted by molar-refractivity contribution is -0.119. The minimum absolute atomic E-state index is 0.109. The zero-order valence-electron chi connectivity index (χ0n) is 18.6. The van der Waals surface area contributed by atoms with Crippen molar-refractivity contribution in [2.45, 2.75) is 33.2 Å². The maximum absolute atomic E-state index is 12.9. The van der Waals surface area contributed by atoms with E-state index in [-0.39, 0.29) is 23.9 Å². The van der Waals surface area contributed by atoms with E-state index in [9.17, 15) is 14.4 Å². The number of anilines is 1. The van der Waals surface area contributed by atoms with Gasteiger partial charge >= 0.3 is 0 Å². The lowest BCUT2D eigenvalue weighted by atomic mass is 10.1. The molecule has 4 rings (SSSR count). The van der Waals surface area contributed by atoms with Crippen molar-refractivity contribution in [2.24, 2.45) is 7.05 Å². The molecule has 2 aromatic heterocycles. The number of carbonyl (C=O) groups excluding carboxylic acids is 2.